The van der Waals surface area contributed by atoms with Crippen molar-refractivity contribution in [3.05, 3.63) is 99.0 Å². The number of aromatic nitrogens is 1. The van der Waals surface area contributed by atoms with Crippen LogP contribution in [0, 0.1) is 5.41 Å². The van der Waals surface area contributed by atoms with Gasteiger partial charge in [-0.2, -0.15) is 0 Å². The van der Waals surface area contributed by atoms with Crippen molar-refractivity contribution >= 4 is 5.78 Å². The summed E-state index contributed by atoms with van der Waals surface area (Å²) in [5, 5.41) is 13.0. The number of carbonyl (C=O) groups excluding carboxylic acids is 1. The minimum Gasteiger partial charge on any atom is -0.503 e. The molecule has 2 aliphatic heterocycles. The van der Waals surface area contributed by atoms with Gasteiger partial charge in [0.05, 0.1) is 11.5 Å². The van der Waals surface area contributed by atoms with E-state index in [1.807, 2.05) is 0 Å². The van der Waals surface area contributed by atoms with Crippen LogP contribution in [0.1, 0.15) is 51.6 Å². The molecule has 1 spiro atoms. The summed E-state index contributed by atoms with van der Waals surface area (Å²) >= 11 is 0. The first kappa shape index (κ1) is 20.2. The normalized spacial score (nSPS) is 19.5. The zero-order chi connectivity index (χ0) is 22.6. The van der Waals surface area contributed by atoms with E-state index >= 15 is 0 Å². The second kappa shape index (κ2) is 7.59. The van der Waals surface area contributed by atoms with Crippen molar-refractivity contribution in [1.82, 2.24) is 4.68 Å². The first-order valence-corrected chi connectivity index (χ1v) is 11.6. The van der Waals surface area contributed by atoms with Crippen molar-refractivity contribution in [2.75, 3.05) is 24.8 Å². The van der Waals surface area contributed by atoms with Gasteiger partial charge in [0, 0.05) is 32.0 Å². The fourth-order valence-corrected chi connectivity index (χ4v) is 5.83. The second-order valence-electron chi connectivity index (χ2n) is 9.34. The molecule has 168 valence electrons. The molecule has 6 heteroatoms. The number of fused-ring (bicyclic) bond motifs is 3. The molecule has 1 saturated heterocycles. The molecule has 0 unspecified atom stereocenters. The molecule has 6 rings (SSSR count). The van der Waals surface area contributed by atoms with E-state index < -0.39 is 16.6 Å². The van der Waals surface area contributed by atoms with Crippen LogP contribution in [0.2, 0.25) is 0 Å². The highest BCUT2D eigenvalue weighted by atomic mass is 16.5. The first-order valence-electron chi connectivity index (χ1n) is 11.6. The SMILES string of the molecule is O=C1c2c(O)c(=O)ccn2N(C2c3ccccc3CCc3ccccc32)CC12CCOCC2. The number of aromatic hydroxyl groups is 1. The largest absolute Gasteiger partial charge is 0.503 e. The Morgan fingerprint density at radius 1 is 0.879 bits per heavy atom. The van der Waals surface area contributed by atoms with Crippen LogP contribution in [0.4, 0.5) is 0 Å². The number of aryl methyl sites for hydroxylation is 2. The van der Waals surface area contributed by atoms with E-state index in [1.165, 1.54) is 28.3 Å². The summed E-state index contributed by atoms with van der Waals surface area (Å²) in [5.74, 6) is -0.624. The lowest BCUT2D eigenvalue weighted by Crippen LogP contribution is -2.57. The molecule has 6 nitrogen and oxygen atoms in total. The fourth-order valence-electron chi connectivity index (χ4n) is 5.83. The quantitative estimate of drug-likeness (QED) is 0.626. The minimum absolute atomic E-state index is 0.0925. The van der Waals surface area contributed by atoms with E-state index in [4.69, 9.17) is 4.74 Å². The molecular formula is C27H26N2O4. The van der Waals surface area contributed by atoms with Crippen molar-refractivity contribution < 1.29 is 14.6 Å². The average molecular weight is 443 g/mol. The lowest BCUT2D eigenvalue weighted by atomic mass is 9.73. The van der Waals surface area contributed by atoms with Gasteiger partial charge in [-0.25, -0.2) is 0 Å². The van der Waals surface area contributed by atoms with Gasteiger partial charge < -0.3 is 9.84 Å². The lowest BCUT2D eigenvalue weighted by molar-refractivity contribution is 0.0123. The Morgan fingerprint density at radius 2 is 1.48 bits per heavy atom. The first-order chi connectivity index (χ1) is 16.1. The summed E-state index contributed by atoms with van der Waals surface area (Å²) in [5.41, 5.74) is 3.83. The lowest BCUT2D eigenvalue weighted by Gasteiger charge is -2.49. The standard InChI is InChI=1S/C27H26N2O4/c30-22-11-14-28-24(25(22)31)26(32)27(12-15-33-16-13-27)17-29(28)23-20-7-3-1-5-18(20)9-10-19-6-2-4-8-21(19)23/h1-8,11,14,23,31H,9-10,12-13,15-17H2. The van der Waals surface area contributed by atoms with Crippen molar-refractivity contribution in [2.45, 2.75) is 31.7 Å². The number of ketones is 1. The third-order valence-electron chi connectivity index (χ3n) is 7.60. The molecule has 0 amide bonds. The topological polar surface area (TPSA) is 71.8 Å². The third-order valence-corrected chi connectivity index (χ3v) is 7.60. The molecule has 3 aliphatic rings. The van der Waals surface area contributed by atoms with Gasteiger partial charge in [0.25, 0.3) is 0 Å². The molecular weight excluding hydrogens is 416 g/mol. The minimum atomic E-state index is -0.695. The Kier molecular flexibility index (Phi) is 4.66. The maximum atomic E-state index is 13.8. The summed E-state index contributed by atoms with van der Waals surface area (Å²) in [7, 11) is 0. The predicted molar refractivity (Wildman–Crippen MR) is 124 cm³/mol. The van der Waals surface area contributed by atoms with E-state index in [-0.39, 0.29) is 17.5 Å². The van der Waals surface area contributed by atoms with E-state index in [0.29, 0.717) is 32.6 Å². The summed E-state index contributed by atoms with van der Waals surface area (Å²) < 4.78 is 7.32. The number of hydrogen-bond acceptors (Lipinski definition) is 5. The van der Waals surface area contributed by atoms with Crippen molar-refractivity contribution in [3.8, 4) is 5.75 Å². The highest BCUT2D eigenvalue weighted by molar-refractivity contribution is 6.02. The number of carbonyl (C=O) groups is 1. The zero-order valence-corrected chi connectivity index (χ0v) is 18.4. The molecule has 1 aromatic heterocycles. The van der Waals surface area contributed by atoms with Gasteiger partial charge in [0.15, 0.2) is 17.2 Å². The molecule has 0 atom stereocenters. The Labute approximate surface area is 192 Å². The van der Waals surface area contributed by atoms with Crippen molar-refractivity contribution in [2.24, 2.45) is 5.41 Å². The van der Waals surface area contributed by atoms with Gasteiger partial charge in [-0.1, -0.05) is 48.5 Å². The van der Waals surface area contributed by atoms with Crippen LogP contribution in [0.5, 0.6) is 5.75 Å². The van der Waals surface area contributed by atoms with Crippen LogP contribution in [0.25, 0.3) is 0 Å². The van der Waals surface area contributed by atoms with E-state index in [1.54, 1.807) is 10.9 Å². The molecule has 3 heterocycles. The van der Waals surface area contributed by atoms with E-state index in [0.717, 1.165) is 12.8 Å². The van der Waals surface area contributed by atoms with Gasteiger partial charge in [-0.05, 0) is 47.9 Å². The smallest absolute Gasteiger partial charge is 0.224 e. The van der Waals surface area contributed by atoms with Gasteiger partial charge >= 0.3 is 0 Å². The van der Waals surface area contributed by atoms with Crippen LogP contribution in [0.3, 0.4) is 0 Å². The zero-order valence-electron chi connectivity index (χ0n) is 18.4. The summed E-state index contributed by atoms with van der Waals surface area (Å²) in [4.78, 5) is 26.1. The number of rotatable bonds is 1. The molecule has 2 aromatic carbocycles. The molecule has 33 heavy (non-hydrogen) atoms. The van der Waals surface area contributed by atoms with Crippen LogP contribution in [-0.4, -0.2) is 35.3 Å². The van der Waals surface area contributed by atoms with Gasteiger partial charge in [0.1, 0.15) is 0 Å². The molecule has 1 fully saturated rings. The number of Topliss-reactive ketones (excluding diaryl/α,β-unsaturated/α-hetero) is 1. The Morgan fingerprint density at radius 3 is 2.12 bits per heavy atom. The highest BCUT2D eigenvalue weighted by Gasteiger charge is 2.50. The molecule has 1 N–H and O–H groups in total. The number of hydrogen-bond donors (Lipinski definition) is 1. The van der Waals surface area contributed by atoms with Crippen molar-refractivity contribution in [1.29, 1.82) is 0 Å². The van der Waals surface area contributed by atoms with Gasteiger partial charge in [-0.15, -0.1) is 0 Å². The number of pyridine rings is 1. The van der Waals surface area contributed by atoms with Crippen LogP contribution < -0.4 is 10.4 Å². The van der Waals surface area contributed by atoms with Crippen LogP contribution >= 0.6 is 0 Å². The predicted octanol–water partition coefficient (Wildman–Crippen LogP) is 3.37. The molecule has 0 saturated carbocycles. The second-order valence-corrected chi connectivity index (χ2v) is 9.34. The third kappa shape index (κ3) is 3.04. The van der Waals surface area contributed by atoms with E-state index in [2.05, 4.69) is 53.5 Å². The van der Waals surface area contributed by atoms with Crippen LogP contribution in [-0.2, 0) is 17.6 Å². The van der Waals surface area contributed by atoms with Crippen LogP contribution in [0.15, 0.2) is 65.6 Å². The molecule has 0 radical (unpaired) electrons. The Balaban J connectivity index is 1.62. The summed E-state index contributed by atoms with van der Waals surface area (Å²) in [6.45, 7) is 1.49. The Hall–Kier alpha value is -3.38. The molecule has 3 aromatic rings. The maximum absolute atomic E-state index is 13.8. The van der Waals surface area contributed by atoms with Gasteiger partial charge in [-0.3, -0.25) is 19.3 Å². The number of benzene rings is 2. The Bertz CT molecular complexity index is 1260. The number of ether oxygens (including phenoxy) is 1. The summed E-state index contributed by atoms with van der Waals surface area (Å²) in [6, 6.07) is 18.1. The van der Waals surface area contributed by atoms with Crippen molar-refractivity contribution in [3.63, 3.8) is 0 Å². The summed E-state index contributed by atoms with van der Waals surface area (Å²) in [6.07, 6.45) is 4.66. The molecule has 0 bridgehead atoms. The number of nitrogens with zero attached hydrogens (tertiary/aromatic N) is 2. The van der Waals surface area contributed by atoms with Gasteiger partial charge in [0.2, 0.25) is 5.43 Å². The monoisotopic (exact) mass is 442 g/mol. The average Bonchev–Trinajstić information content (AvgIpc) is 3.01. The fraction of sp³-hybridized carbons (Fsp3) is 0.333. The highest BCUT2D eigenvalue weighted by Crippen LogP contribution is 2.44. The van der Waals surface area contributed by atoms with E-state index in [9.17, 15) is 14.7 Å². The molecule has 1 aliphatic carbocycles. The maximum Gasteiger partial charge on any atom is 0.224 e.